The number of carboxylic acid groups (broad SMARTS) is 1. The average Bonchev–Trinajstić information content (AvgIpc) is 2.57. The molecule has 1 amide bonds. The molecule has 0 bridgehead atoms. The van der Waals surface area contributed by atoms with Gasteiger partial charge in [0, 0.05) is 12.1 Å². The van der Waals surface area contributed by atoms with E-state index in [2.05, 4.69) is 10.0 Å². The molecule has 1 aromatic carbocycles. The minimum atomic E-state index is -4.20. The molecular formula is C15H20N2O7S. The molecule has 138 valence electrons. The molecule has 1 heterocycles. The molecule has 0 aliphatic carbocycles. The van der Waals surface area contributed by atoms with Gasteiger partial charge in [0.2, 0.25) is 10.0 Å². The van der Waals surface area contributed by atoms with Gasteiger partial charge in [0.15, 0.2) is 6.61 Å². The first-order valence-corrected chi connectivity index (χ1v) is 9.07. The number of carbonyl (C=O) groups is 2. The van der Waals surface area contributed by atoms with Gasteiger partial charge in [0.25, 0.3) is 5.91 Å². The lowest BCUT2D eigenvalue weighted by atomic mass is 10.0. The molecule has 1 aromatic rings. The number of carboxylic acids is 1. The van der Waals surface area contributed by atoms with Crippen molar-refractivity contribution in [1.29, 1.82) is 0 Å². The number of methoxy groups -OCH3 is 1. The molecule has 1 aliphatic rings. The molecule has 25 heavy (non-hydrogen) atoms. The number of hydrogen-bond acceptors (Lipinski definition) is 6. The van der Waals surface area contributed by atoms with Crippen LogP contribution >= 0.6 is 0 Å². The monoisotopic (exact) mass is 372 g/mol. The number of aliphatic carboxylic acids is 1. The molecule has 0 spiro atoms. The van der Waals surface area contributed by atoms with E-state index in [0.29, 0.717) is 6.42 Å². The Morgan fingerprint density at radius 2 is 2.16 bits per heavy atom. The lowest BCUT2D eigenvalue weighted by Gasteiger charge is -2.23. The van der Waals surface area contributed by atoms with Gasteiger partial charge in [-0.2, -0.15) is 4.72 Å². The Labute approximate surface area is 145 Å². The lowest BCUT2D eigenvalue weighted by molar-refractivity contribution is -0.140. The number of fused-ring (bicyclic) bond motifs is 1. The number of ether oxygens (including phenoxy) is 2. The zero-order valence-electron chi connectivity index (χ0n) is 14.0. The van der Waals surface area contributed by atoms with Crippen LogP contribution in [0.2, 0.25) is 0 Å². The number of hydrogen-bond donors (Lipinski definition) is 3. The van der Waals surface area contributed by atoms with E-state index in [0.717, 1.165) is 0 Å². The van der Waals surface area contributed by atoms with Crippen LogP contribution in [0.25, 0.3) is 0 Å². The number of benzene rings is 1. The topological polar surface area (TPSA) is 131 Å². The quantitative estimate of drug-likeness (QED) is 0.645. The van der Waals surface area contributed by atoms with Crippen molar-refractivity contribution in [3.8, 4) is 11.5 Å². The summed E-state index contributed by atoms with van der Waals surface area (Å²) in [5.74, 6) is -1.92. The fourth-order valence-electron chi connectivity index (χ4n) is 2.33. The maximum Gasteiger partial charge on any atom is 0.322 e. The molecule has 0 saturated heterocycles. The largest absolute Gasteiger partial charge is 0.495 e. The molecule has 0 aromatic heterocycles. The van der Waals surface area contributed by atoms with E-state index < -0.39 is 28.0 Å². The Hall–Kier alpha value is -2.33. The van der Waals surface area contributed by atoms with Crippen LogP contribution < -0.4 is 19.5 Å². The van der Waals surface area contributed by atoms with Crippen LogP contribution in [0.4, 0.5) is 5.69 Å². The Morgan fingerprint density at radius 1 is 1.48 bits per heavy atom. The van der Waals surface area contributed by atoms with Crippen LogP contribution in [0.5, 0.6) is 11.5 Å². The van der Waals surface area contributed by atoms with Crippen molar-refractivity contribution in [2.24, 2.45) is 5.92 Å². The van der Waals surface area contributed by atoms with E-state index in [-0.39, 0.29) is 34.6 Å². The number of anilines is 1. The van der Waals surface area contributed by atoms with Crippen LogP contribution in [0.15, 0.2) is 17.0 Å². The van der Waals surface area contributed by atoms with Gasteiger partial charge in [-0.15, -0.1) is 0 Å². The van der Waals surface area contributed by atoms with E-state index in [1.54, 1.807) is 13.8 Å². The summed E-state index contributed by atoms with van der Waals surface area (Å²) in [6.07, 6.45) is 0.482. The zero-order chi connectivity index (χ0) is 18.8. The fourth-order valence-corrected chi connectivity index (χ4v) is 3.80. The normalized spacial score (nSPS) is 16.2. The van der Waals surface area contributed by atoms with Gasteiger partial charge < -0.3 is 19.9 Å². The van der Waals surface area contributed by atoms with Crippen molar-refractivity contribution < 1.29 is 32.6 Å². The van der Waals surface area contributed by atoms with Gasteiger partial charge in [0.05, 0.1) is 12.8 Å². The van der Waals surface area contributed by atoms with E-state index in [9.17, 15) is 23.1 Å². The van der Waals surface area contributed by atoms with Crippen molar-refractivity contribution in [3.63, 3.8) is 0 Å². The maximum absolute atomic E-state index is 12.7. The number of carbonyl (C=O) groups excluding carboxylic acids is 1. The summed E-state index contributed by atoms with van der Waals surface area (Å²) in [6, 6.07) is 1.24. The summed E-state index contributed by atoms with van der Waals surface area (Å²) < 4.78 is 37.9. The highest BCUT2D eigenvalue weighted by Gasteiger charge is 2.32. The first kappa shape index (κ1) is 19.0. The molecule has 0 unspecified atom stereocenters. The number of amides is 1. The maximum atomic E-state index is 12.7. The zero-order valence-corrected chi connectivity index (χ0v) is 14.8. The van der Waals surface area contributed by atoms with Gasteiger partial charge in [-0.1, -0.05) is 20.3 Å². The van der Waals surface area contributed by atoms with E-state index in [1.807, 2.05) is 0 Å². The molecule has 10 heteroatoms. The van der Waals surface area contributed by atoms with Crippen molar-refractivity contribution in [1.82, 2.24) is 4.72 Å². The first-order valence-electron chi connectivity index (χ1n) is 7.59. The number of rotatable bonds is 7. The van der Waals surface area contributed by atoms with E-state index in [4.69, 9.17) is 9.47 Å². The highest BCUT2D eigenvalue weighted by Crippen LogP contribution is 2.37. The first-order chi connectivity index (χ1) is 11.7. The van der Waals surface area contributed by atoms with Gasteiger partial charge >= 0.3 is 5.97 Å². The van der Waals surface area contributed by atoms with Gasteiger partial charge in [-0.3, -0.25) is 9.59 Å². The third kappa shape index (κ3) is 4.02. The molecule has 0 radical (unpaired) electrons. The predicted molar refractivity (Wildman–Crippen MR) is 88.3 cm³/mol. The number of nitrogens with one attached hydrogen (secondary N) is 2. The molecule has 2 rings (SSSR count). The van der Waals surface area contributed by atoms with Gasteiger partial charge in [-0.25, -0.2) is 8.42 Å². The summed E-state index contributed by atoms with van der Waals surface area (Å²) in [5, 5.41) is 11.8. The van der Waals surface area contributed by atoms with E-state index >= 15 is 0 Å². The van der Waals surface area contributed by atoms with Crippen molar-refractivity contribution in [3.05, 3.63) is 12.1 Å². The molecule has 3 N–H and O–H groups in total. The van der Waals surface area contributed by atoms with Crippen LogP contribution in [0, 0.1) is 5.92 Å². The molecule has 1 aliphatic heterocycles. The SMILES string of the molecule is CC[C@H](C)[C@H](NS(=O)(=O)c1cc2c(cc1OC)NC(=O)CO2)C(=O)O. The highest BCUT2D eigenvalue weighted by atomic mass is 32.2. The van der Waals surface area contributed by atoms with Gasteiger partial charge in [-0.05, 0) is 5.92 Å². The van der Waals surface area contributed by atoms with Gasteiger partial charge in [0.1, 0.15) is 22.4 Å². The molecular weight excluding hydrogens is 352 g/mol. The standard InChI is InChI=1S/C15H20N2O7S/c1-4-8(2)14(15(19)20)17-25(21,22)12-6-10-9(5-11(12)23-3)16-13(18)7-24-10/h5-6,8,14,17H,4,7H2,1-3H3,(H,16,18)(H,19,20)/t8-,14-/m0/s1. The molecule has 0 fully saturated rings. The Balaban J connectivity index is 2.44. The minimum Gasteiger partial charge on any atom is -0.495 e. The minimum absolute atomic E-state index is 0.0367. The van der Waals surface area contributed by atoms with Crippen LogP contribution in [0.3, 0.4) is 0 Å². The Kier molecular flexibility index (Phi) is 5.53. The summed E-state index contributed by atoms with van der Waals surface area (Å²) in [7, 11) is -2.92. The Bertz CT molecular complexity index is 791. The predicted octanol–water partition coefficient (Wildman–Crippen LogP) is 0.804. The second-order valence-electron chi connectivity index (χ2n) is 5.66. The fraction of sp³-hybridized carbons (Fsp3) is 0.467. The summed E-state index contributed by atoms with van der Waals surface area (Å²) in [6.45, 7) is 3.17. The van der Waals surface area contributed by atoms with Crippen LogP contribution in [-0.4, -0.2) is 45.2 Å². The van der Waals surface area contributed by atoms with E-state index in [1.165, 1.54) is 19.2 Å². The summed E-state index contributed by atoms with van der Waals surface area (Å²) in [4.78, 5) is 22.5. The van der Waals surface area contributed by atoms with Crippen molar-refractivity contribution >= 4 is 27.6 Å². The van der Waals surface area contributed by atoms with Crippen LogP contribution in [-0.2, 0) is 19.6 Å². The second kappa shape index (κ2) is 7.28. The van der Waals surface area contributed by atoms with Crippen molar-refractivity contribution in [2.75, 3.05) is 19.0 Å². The average molecular weight is 372 g/mol. The second-order valence-corrected chi connectivity index (χ2v) is 7.34. The third-order valence-electron chi connectivity index (χ3n) is 3.95. The lowest BCUT2D eigenvalue weighted by Crippen LogP contribution is -2.45. The highest BCUT2D eigenvalue weighted by molar-refractivity contribution is 7.89. The molecule has 0 saturated carbocycles. The van der Waals surface area contributed by atoms with Crippen LogP contribution in [0.1, 0.15) is 20.3 Å². The third-order valence-corrected chi connectivity index (χ3v) is 5.41. The molecule has 2 atom stereocenters. The number of sulfonamides is 1. The molecule has 9 nitrogen and oxygen atoms in total. The van der Waals surface area contributed by atoms with Crippen molar-refractivity contribution in [2.45, 2.75) is 31.2 Å². The Morgan fingerprint density at radius 3 is 2.72 bits per heavy atom. The summed E-state index contributed by atoms with van der Waals surface area (Å²) in [5.41, 5.74) is 0.281. The smallest absolute Gasteiger partial charge is 0.322 e. The summed E-state index contributed by atoms with van der Waals surface area (Å²) >= 11 is 0.